The molecule has 0 unspecified atom stereocenters. The number of methoxy groups -OCH3 is 1. The van der Waals surface area contributed by atoms with E-state index in [9.17, 15) is 9.18 Å². The molecule has 0 aliphatic rings. The Bertz CT molecular complexity index is 851. The van der Waals surface area contributed by atoms with Crippen molar-refractivity contribution in [3.05, 3.63) is 70.0 Å². The summed E-state index contributed by atoms with van der Waals surface area (Å²) >= 11 is 1.61. The molecular formula is C20H18FNO2S. The van der Waals surface area contributed by atoms with Gasteiger partial charge in [-0.15, -0.1) is 11.8 Å². The zero-order valence-electron chi connectivity index (χ0n) is 14.3. The van der Waals surface area contributed by atoms with Gasteiger partial charge in [0, 0.05) is 10.6 Å². The SMILES string of the molecule is COC(=O)C(C#N)=Cc1cc(C)cc(CSc2ccc(F)cc2)c1C. The number of thioether (sulfide) groups is 1. The molecule has 25 heavy (non-hydrogen) atoms. The number of carbonyl (C=O) groups is 1. The van der Waals surface area contributed by atoms with Gasteiger partial charge < -0.3 is 4.74 Å². The van der Waals surface area contributed by atoms with Crippen molar-refractivity contribution in [3.8, 4) is 6.07 Å². The summed E-state index contributed by atoms with van der Waals surface area (Å²) in [4.78, 5) is 12.6. The molecule has 0 heterocycles. The molecule has 0 amide bonds. The molecule has 0 N–H and O–H groups in total. The van der Waals surface area contributed by atoms with Crippen LogP contribution in [0, 0.1) is 31.0 Å². The van der Waals surface area contributed by atoms with Gasteiger partial charge in [-0.3, -0.25) is 0 Å². The van der Waals surface area contributed by atoms with Crippen molar-refractivity contribution in [2.24, 2.45) is 0 Å². The monoisotopic (exact) mass is 355 g/mol. The van der Waals surface area contributed by atoms with E-state index < -0.39 is 5.97 Å². The predicted octanol–water partition coefficient (Wildman–Crippen LogP) is 4.81. The summed E-state index contributed by atoms with van der Waals surface area (Å²) in [5.74, 6) is -0.193. The number of benzene rings is 2. The average Bonchev–Trinajstić information content (AvgIpc) is 2.61. The summed E-state index contributed by atoms with van der Waals surface area (Å²) in [6.45, 7) is 3.92. The van der Waals surface area contributed by atoms with Crippen molar-refractivity contribution in [2.75, 3.05) is 7.11 Å². The lowest BCUT2D eigenvalue weighted by Gasteiger charge is -2.11. The number of carbonyl (C=O) groups excluding carboxylic acids is 1. The van der Waals surface area contributed by atoms with Crippen molar-refractivity contribution in [3.63, 3.8) is 0 Å². The van der Waals surface area contributed by atoms with Crippen LogP contribution in [0.5, 0.6) is 0 Å². The standard InChI is InChI=1S/C20H18FNO2S/c1-13-8-15(10-16(11-22)20(23)24-3)14(2)17(9-13)12-25-19-6-4-18(21)5-7-19/h4-10H,12H2,1-3H3. The minimum absolute atomic E-state index is 0.0339. The van der Waals surface area contributed by atoms with Gasteiger partial charge in [0.1, 0.15) is 17.5 Å². The van der Waals surface area contributed by atoms with Crippen molar-refractivity contribution < 1.29 is 13.9 Å². The first-order valence-corrected chi connectivity index (χ1v) is 8.61. The first kappa shape index (κ1) is 18.8. The minimum Gasteiger partial charge on any atom is -0.465 e. The van der Waals surface area contributed by atoms with Crippen LogP contribution in [0.4, 0.5) is 4.39 Å². The lowest BCUT2D eigenvalue weighted by Crippen LogP contribution is -2.03. The number of aryl methyl sites for hydroxylation is 1. The summed E-state index contributed by atoms with van der Waals surface area (Å²) in [6, 6.07) is 12.3. The van der Waals surface area contributed by atoms with E-state index in [0.29, 0.717) is 5.75 Å². The highest BCUT2D eigenvalue weighted by molar-refractivity contribution is 7.98. The summed E-state index contributed by atoms with van der Waals surface area (Å²) in [7, 11) is 1.25. The molecule has 0 aliphatic heterocycles. The summed E-state index contributed by atoms with van der Waals surface area (Å²) in [6.07, 6.45) is 1.56. The largest absolute Gasteiger partial charge is 0.465 e. The van der Waals surface area contributed by atoms with E-state index >= 15 is 0 Å². The fourth-order valence-electron chi connectivity index (χ4n) is 2.36. The smallest absolute Gasteiger partial charge is 0.348 e. The van der Waals surface area contributed by atoms with E-state index in [-0.39, 0.29) is 11.4 Å². The normalized spacial score (nSPS) is 11.1. The van der Waals surface area contributed by atoms with Crippen LogP contribution in [0.3, 0.4) is 0 Å². The fraction of sp³-hybridized carbons (Fsp3) is 0.200. The van der Waals surface area contributed by atoms with Gasteiger partial charge in [0.15, 0.2) is 0 Å². The number of rotatable bonds is 5. The molecule has 2 aromatic rings. The molecule has 0 aromatic heterocycles. The van der Waals surface area contributed by atoms with Crippen LogP contribution in [0.15, 0.2) is 46.9 Å². The summed E-state index contributed by atoms with van der Waals surface area (Å²) in [5, 5.41) is 9.14. The van der Waals surface area contributed by atoms with E-state index in [1.807, 2.05) is 26.0 Å². The minimum atomic E-state index is -0.648. The van der Waals surface area contributed by atoms with Crippen molar-refractivity contribution in [2.45, 2.75) is 24.5 Å². The molecule has 3 nitrogen and oxygen atoms in total. The van der Waals surface area contributed by atoms with Crippen LogP contribution in [0.25, 0.3) is 6.08 Å². The Labute approximate surface area is 151 Å². The number of hydrogen-bond acceptors (Lipinski definition) is 4. The van der Waals surface area contributed by atoms with Crippen molar-refractivity contribution >= 4 is 23.8 Å². The molecule has 0 saturated carbocycles. The lowest BCUT2D eigenvalue weighted by atomic mass is 9.98. The fourth-order valence-corrected chi connectivity index (χ4v) is 3.31. The van der Waals surface area contributed by atoms with Gasteiger partial charge in [-0.2, -0.15) is 5.26 Å². The second-order valence-electron chi connectivity index (χ2n) is 5.54. The highest BCUT2D eigenvalue weighted by Gasteiger charge is 2.11. The molecule has 0 fully saturated rings. The van der Waals surface area contributed by atoms with E-state index in [1.165, 1.54) is 19.2 Å². The third-order valence-electron chi connectivity index (χ3n) is 3.73. The van der Waals surface area contributed by atoms with Crippen LogP contribution in [0.2, 0.25) is 0 Å². The highest BCUT2D eigenvalue weighted by atomic mass is 32.2. The van der Waals surface area contributed by atoms with Crippen LogP contribution in [-0.2, 0) is 15.3 Å². The third-order valence-corrected chi connectivity index (χ3v) is 4.79. The van der Waals surface area contributed by atoms with Gasteiger partial charge >= 0.3 is 5.97 Å². The Morgan fingerprint density at radius 2 is 1.96 bits per heavy atom. The zero-order chi connectivity index (χ0) is 18.4. The van der Waals surface area contributed by atoms with Crippen molar-refractivity contribution in [1.82, 2.24) is 0 Å². The summed E-state index contributed by atoms with van der Waals surface area (Å²) < 4.78 is 17.6. The van der Waals surface area contributed by atoms with Crippen LogP contribution in [-0.4, -0.2) is 13.1 Å². The Hall–Kier alpha value is -2.58. The maximum Gasteiger partial charge on any atom is 0.348 e. The van der Waals surface area contributed by atoms with Crippen LogP contribution < -0.4 is 0 Å². The molecule has 0 saturated heterocycles. The van der Waals surface area contributed by atoms with Crippen LogP contribution >= 0.6 is 11.8 Å². The number of esters is 1. The Morgan fingerprint density at radius 1 is 1.28 bits per heavy atom. The van der Waals surface area contributed by atoms with Gasteiger partial charge in [-0.25, -0.2) is 9.18 Å². The quantitative estimate of drug-likeness (QED) is 0.334. The van der Waals surface area contributed by atoms with E-state index in [0.717, 1.165) is 27.1 Å². The molecule has 2 aromatic carbocycles. The molecule has 0 spiro atoms. The van der Waals surface area contributed by atoms with Gasteiger partial charge in [-0.1, -0.05) is 17.7 Å². The zero-order valence-corrected chi connectivity index (χ0v) is 15.1. The molecule has 128 valence electrons. The van der Waals surface area contributed by atoms with Gasteiger partial charge in [0.05, 0.1) is 7.11 Å². The Balaban J connectivity index is 2.30. The van der Waals surface area contributed by atoms with E-state index in [2.05, 4.69) is 10.8 Å². The highest BCUT2D eigenvalue weighted by Crippen LogP contribution is 2.27. The molecule has 5 heteroatoms. The maximum absolute atomic E-state index is 13.0. The Kier molecular flexibility index (Phi) is 6.37. The summed E-state index contributed by atoms with van der Waals surface area (Å²) in [5.41, 5.74) is 3.92. The molecule has 0 atom stereocenters. The van der Waals surface area contributed by atoms with Crippen LogP contribution in [0.1, 0.15) is 22.3 Å². The third kappa shape index (κ3) is 4.94. The second-order valence-corrected chi connectivity index (χ2v) is 6.59. The van der Waals surface area contributed by atoms with Gasteiger partial charge in [-0.05, 0) is 60.9 Å². The average molecular weight is 355 g/mol. The molecule has 0 radical (unpaired) electrons. The maximum atomic E-state index is 13.0. The predicted molar refractivity (Wildman–Crippen MR) is 97.5 cm³/mol. The topological polar surface area (TPSA) is 50.1 Å². The van der Waals surface area contributed by atoms with Gasteiger partial charge in [0.2, 0.25) is 0 Å². The number of ether oxygens (including phenoxy) is 1. The lowest BCUT2D eigenvalue weighted by molar-refractivity contribution is -0.135. The van der Waals surface area contributed by atoms with Gasteiger partial charge in [0.25, 0.3) is 0 Å². The molecule has 0 bridgehead atoms. The first-order chi connectivity index (χ1) is 11.9. The van der Waals surface area contributed by atoms with Crippen molar-refractivity contribution in [1.29, 1.82) is 5.26 Å². The first-order valence-electron chi connectivity index (χ1n) is 7.63. The van der Waals surface area contributed by atoms with E-state index in [4.69, 9.17) is 5.26 Å². The molecule has 2 rings (SSSR count). The number of nitriles is 1. The number of nitrogens with zero attached hydrogens (tertiary/aromatic N) is 1. The second kappa shape index (κ2) is 8.50. The molecule has 0 aliphatic carbocycles. The number of hydrogen-bond donors (Lipinski definition) is 0. The van der Waals surface area contributed by atoms with E-state index in [1.54, 1.807) is 30.0 Å². The number of halogens is 1. The Morgan fingerprint density at radius 3 is 2.56 bits per heavy atom. The molecular weight excluding hydrogens is 337 g/mol.